The normalized spacial score (nSPS) is 11.2. The van der Waals surface area contributed by atoms with Gasteiger partial charge in [0.15, 0.2) is 0 Å². The van der Waals surface area contributed by atoms with Crippen molar-refractivity contribution in [1.29, 1.82) is 0 Å². The molecule has 0 aliphatic heterocycles. The van der Waals surface area contributed by atoms with Gasteiger partial charge in [0.2, 0.25) is 5.91 Å². The van der Waals surface area contributed by atoms with Gasteiger partial charge in [0, 0.05) is 28.0 Å². The fraction of sp³-hybridized carbons (Fsp3) is 0.0556. The Bertz CT molecular complexity index is 1070. The predicted octanol–water partition coefficient (Wildman–Crippen LogP) is 3.19. The fourth-order valence-electron chi connectivity index (χ4n) is 3.02. The number of aromatic nitrogens is 3. The van der Waals surface area contributed by atoms with E-state index in [4.69, 9.17) is 5.73 Å². The molecule has 112 valence electrons. The SMILES string of the molecule is Cc1c(C(N)=O)cccc1-c1ccc2c(c1)[nH]c1ncncc12. The molecule has 23 heavy (non-hydrogen) atoms. The maximum Gasteiger partial charge on any atom is 0.248 e. The van der Waals surface area contributed by atoms with Crippen LogP contribution in [0.5, 0.6) is 0 Å². The van der Waals surface area contributed by atoms with E-state index in [0.717, 1.165) is 38.6 Å². The molecule has 4 aromatic rings. The number of hydrogen-bond acceptors (Lipinski definition) is 3. The van der Waals surface area contributed by atoms with Gasteiger partial charge in [-0.05, 0) is 35.7 Å². The number of amides is 1. The molecule has 0 unspecified atom stereocenters. The molecule has 2 aromatic carbocycles. The molecule has 5 heteroatoms. The maximum absolute atomic E-state index is 11.5. The zero-order chi connectivity index (χ0) is 16.0. The Kier molecular flexibility index (Phi) is 2.87. The second kappa shape index (κ2) is 4.91. The molecule has 1 amide bonds. The highest BCUT2D eigenvalue weighted by Gasteiger charge is 2.12. The summed E-state index contributed by atoms with van der Waals surface area (Å²) in [6, 6.07) is 11.7. The number of carbonyl (C=O) groups is 1. The van der Waals surface area contributed by atoms with E-state index in [1.165, 1.54) is 6.33 Å². The average Bonchev–Trinajstić information content (AvgIpc) is 2.92. The number of nitrogens with two attached hydrogens (primary N) is 1. The van der Waals surface area contributed by atoms with Gasteiger partial charge in [-0.2, -0.15) is 0 Å². The topological polar surface area (TPSA) is 84.7 Å². The van der Waals surface area contributed by atoms with Gasteiger partial charge >= 0.3 is 0 Å². The van der Waals surface area contributed by atoms with Crippen molar-refractivity contribution in [2.45, 2.75) is 6.92 Å². The highest BCUT2D eigenvalue weighted by atomic mass is 16.1. The molecule has 0 radical (unpaired) electrons. The smallest absolute Gasteiger partial charge is 0.248 e. The van der Waals surface area contributed by atoms with Crippen molar-refractivity contribution in [1.82, 2.24) is 15.0 Å². The van der Waals surface area contributed by atoms with Crippen LogP contribution in [0.4, 0.5) is 0 Å². The fourth-order valence-corrected chi connectivity index (χ4v) is 3.02. The van der Waals surface area contributed by atoms with Crippen molar-refractivity contribution in [2.75, 3.05) is 0 Å². The second-order valence-corrected chi connectivity index (χ2v) is 5.51. The number of aromatic amines is 1. The van der Waals surface area contributed by atoms with Crippen molar-refractivity contribution in [3.63, 3.8) is 0 Å². The van der Waals surface area contributed by atoms with Gasteiger partial charge in [-0.1, -0.05) is 24.3 Å². The number of fused-ring (bicyclic) bond motifs is 3. The zero-order valence-corrected chi connectivity index (χ0v) is 12.5. The number of rotatable bonds is 2. The summed E-state index contributed by atoms with van der Waals surface area (Å²) in [5.41, 5.74) is 10.7. The van der Waals surface area contributed by atoms with Crippen molar-refractivity contribution in [3.8, 4) is 11.1 Å². The summed E-state index contributed by atoms with van der Waals surface area (Å²) >= 11 is 0. The van der Waals surface area contributed by atoms with Gasteiger partial charge in [0.1, 0.15) is 12.0 Å². The van der Waals surface area contributed by atoms with Crippen LogP contribution in [0, 0.1) is 6.92 Å². The van der Waals surface area contributed by atoms with E-state index in [1.54, 1.807) is 12.3 Å². The molecule has 3 N–H and O–H groups in total. The first kappa shape index (κ1) is 13.5. The molecule has 0 spiro atoms. The average molecular weight is 302 g/mol. The number of nitrogens with one attached hydrogen (secondary N) is 1. The Morgan fingerprint density at radius 2 is 2.04 bits per heavy atom. The molecule has 0 bridgehead atoms. The first-order valence-electron chi connectivity index (χ1n) is 7.26. The Morgan fingerprint density at radius 3 is 2.87 bits per heavy atom. The zero-order valence-electron chi connectivity index (χ0n) is 12.5. The minimum absolute atomic E-state index is 0.411. The van der Waals surface area contributed by atoms with Crippen LogP contribution in [-0.4, -0.2) is 20.9 Å². The summed E-state index contributed by atoms with van der Waals surface area (Å²) < 4.78 is 0. The van der Waals surface area contributed by atoms with Crippen LogP contribution in [0.3, 0.4) is 0 Å². The van der Waals surface area contributed by atoms with Gasteiger partial charge in [-0.25, -0.2) is 9.97 Å². The van der Waals surface area contributed by atoms with Gasteiger partial charge in [-0.3, -0.25) is 4.79 Å². The van der Waals surface area contributed by atoms with E-state index in [2.05, 4.69) is 21.0 Å². The number of hydrogen-bond donors (Lipinski definition) is 2. The van der Waals surface area contributed by atoms with Gasteiger partial charge in [-0.15, -0.1) is 0 Å². The molecular formula is C18H14N4O. The molecule has 0 atom stereocenters. The number of benzene rings is 2. The lowest BCUT2D eigenvalue weighted by Crippen LogP contribution is -2.12. The summed E-state index contributed by atoms with van der Waals surface area (Å²) in [5, 5.41) is 2.07. The quantitative estimate of drug-likeness (QED) is 0.596. The minimum atomic E-state index is -0.411. The third-order valence-electron chi connectivity index (χ3n) is 4.19. The van der Waals surface area contributed by atoms with Crippen LogP contribution in [0.25, 0.3) is 33.1 Å². The summed E-state index contributed by atoms with van der Waals surface area (Å²) in [5.74, 6) is -0.411. The Hall–Kier alpha value is -3.21. The predicted molar refractivity (Wildman–Crippen MR) is 90.1 cm³/mol. The number of primary amides is 1. The molecule has 2 heterocycles. The Morgan fingerprint density at radius 1 is 1.17 bits per heavy atom. The van der Waals surface area contributed by atoms with Crippen LogP contribution in [0.2, 0.25) is 0 Å². The van der Waals surface area contributed by atoms with Crippen LogP contribution in [-0.2, 0) is 0 Å². The van der Waals surface area contributed by atoms with E-state index >= 15 is 0 Å². The van der Waals surface area contributed by atoms with Crippen molar-refractivity contribution in [3.05, 3.63) is 60.0 Å². The maximum atomic E-state index is 11.5. The highest BCUT2D eigenvalue weighted by Crippen LogP contribution is 2.31. The van der Waals surface area contributed by atoms with Gasteiger partial charge in [0.05, 0.1) is 0 Å². The lowest BCUT2D eigenvalue weighted by atomic mass is 9.95. The van der Waals surface area contributed by atoms with E-state index in [0.29, 0.717) is 5.56 Å². The molecule has 0 aliphatic rings. The Balaban J connectivity index is 1.95. The minimum Gasteiger partial charge on any atom is -0.366 e. The number of nitrogens with zero attached hydrogens (tertiary/aromatic N) is 2. The van der Waals surface area contributed by atoms with Gasteiger partial charge in [0.25, 0.3) is 0 Å². The standard InChI is InChI=1S/C18H14N4O/c1-10-12(3-2-4-13(10)17(19)23)11-5-6-14-15-8-20-9-21-18(15)22-16(14)7-11/h2-9H,1H3,(H2,19,23)(H,20,21,22). The molecule has 2 aromatic heterocycles. The summed E-state index contributed by atoms with van der Waals surface area (Å²) in [6.07, 6.45) is 3.33. The first-order chi connectivity index (χ1) is 11.1. The summed E-state index contributed by atoms with van der Waals surface area (Å²) in [4.78, 5) is 23.2. The molecular weight excluding hydrogens is 288 g/mol. The number of carbonyl (C=O) groups excluding carboxylic acids is 1. The molecule has 0 fully saturated rings. The lowest BCUT2D eigenvalue weighted by Gasteiger charge is -2.09. The van der Waals surface area contributed by atoms with Crippen LogP contribution in [0.15, 0.2) is 48.9 Å². The Labute approximate surface area is 132 Å². The van der Waals surface area contributed by atoms with Gasteiger partial charge < -0.3 is 10.7 Å². The van der Waals surface area contributed by atoms with Crippen molar-refractivity contribution < 1.29 is 4.79 Å². The molecule has 5 nitrogen and oxygen atoms in total. The lowest BCUT2D eigenvalue weighted by molar-refractivity contribution is 0.1000. The molecule has 0 saturated carbocycles. The second-order valence-electron chi connectivity index (χ2n) is 5.51. The summed E-state index contributed by atoms with van der Waals surface area (Å²) in [7, 11) is 0. The van der Waals surface area contributed by atoms with E-state index in [1.807, 2.05) is 31.2 Å². The van der Waals surface area contributed by atoms with E-state index in [9.17, 15) is 4.79 Å². The first-order valence-corrected chi connectivity index (χ1v) is 7.26. The van der Waals surface area contributed by atoms with Crippen molar-refractivity contribution in [2.24, 2.45) is 5.73 Å². The molecule has 0 aliphatic carbocycles. The van der Waals surface area contributed by atoms with Crippen LogP contribution >= 0.6 is 0 Å². The monoisotopic (exact) mass is 302 g/mol. The molecule has 4 rings (SSSR count). The number of H-pyrrole nitrogens is 1. The van der Waals surface area contributed by atoms with Crippen LogP contribution in [0.1, 0.15) is 15.9 Å². The van der Waals surface area contributed by atoms with E-state index < -0.39 is 5.91 Å². The summed E-state index contributed by atoms with van der Waals surface area (Å²) in [6.45, 7) is 1.91. The third kappa shape index (κ3) is 2.05. The van der Waals surface area contributed by atoms with Crippen LogP contribution < -0.4 is 5.73 Å². The largest absolute Gasteiger partial charge is 0.366 e. The third-order valence-corrected chi connectivity index (χ3v) is 4.19. The molecule has 0 saturated heterocycles. The highest BCUT2D eigenvalue weighted by molar-refractivity contribution is 6.06. The van der Waals surface area contributed by atoms with Crippen molar-refractivity contribution >= 4 is 27.8 Å². The van der Waals surface area contributed by atoms with E-state index in [-0.39, 0.29) is 0 Å².